The first-order chi connectivity index (χ1) is 12.9. The van der Waals surface area contributed by atoms with Crippen molar-refractivity contribution in [3.63, 3.8) is 0 Å². The molecule has 0 radical (unpaired) electrons. The highest BCUT2D eigenvalue weighted by Gasteiger charge is 2.31. The molecule has 1 heterocycles. The van der Waals surface area contributed by atoms with Gasteiger partial charge in [0.25, 0.3) is 0 Å². The fourth-order valence-electron chi connectivity index (χ4n) is 3.36. The van der Waals surface area contributed by atoms with Crippen molar-refractivity contribution in [1.82, 2.24) is 4.31 Å². The van der Waals surface area contributed by atoms with Crippen LogP contribution in [0.2, 0.25) is 0 Å². The first kappa shape index (κ1) is 19.5. The molecule has 7 heteroatoms. The Kier molecular flexibility index (Phi) is 5.62. The molecule has 2 aromatic rings. The minimum atomic E-state index is -3.63. The summed E-state index contributed by atoms with van der Waals surface area (Å²) in [6, 6.07) is 11.1. The van der Waals surface area contributed by atoms with E-state index >= 15 is 0 Å². The number of benzene rings is 2. The van der Waals surface area contributed by atoms with Crippen LogP contribution in [0.1, 0.15) is 11.1 Å². The summed E-state index contributed by atoms with van der Waals surface area (Å²) in [5, 5.41) is 0. The van der Waals surface area contributed by atoms with E-state index in [0.29, 0.717) is 37.7 Å². The second kappa shape index (κ2) is 7.78. The molecule has 0 spiro atoms. The Morgan fingerprint density at radius 1 is 0.889 bits per heavy atom. The summed E-state index contributed by atoms with van der Waals surface area (Å²) in [5.41, 5.74) is 3.58. The number of ether oxygens (including phenoxy) is 2. The van der Waals surface area contributed by atoms with Crippen molar-refractivity contribution in [3.05, 3.63) is 47.5 Å². The van der Waals surface area contributed by atoms with E-state index in [1.54, 1.807) is 18.2 Å². The molecule has 3 rings (SSSR count). The van der Waals surface area contributed by atoms with Gasteiger partial charge in [-0.05, 0) is 43.2 Å². The first-order valence-corrected chi connectivity index (χ1v) is 10.3. The summed E-state index contributed by atoms with van der Waals surface area (Å²) in [6.45, 7) is 6.33. The van der Waals surface area contributed by atoms with Crippen LogP contribution in [0, 0.1) is 13.8 Å². The zero-order valence-corrected chi connectivity index (χ0v) is 17.0. The monoisotopic (exact) mass is 390 g/mol. The fourth-order valence-corrected chi connectivity index (χ4v) is 4.92. The molecule has 1 saturated heterocycles. The van der Waals surface area contributed by atoms with Gasteiger partial charge in [0.05, 0.1) is 14.2 Å². The molecule has 0 aromatic heterocycles. The van der Waals surface area contributed by atoms with Gasteiger partial charge in [0.2, 0.25) is 10.0 Å². The van der Waals surface area contributed by atoms with Gasteiger partial charge >= 0.3 is 0 Å². The molecule has 1 aliphatic heterocycles. The Hall–Kier alpha value is -2.25. The third-order valence-electron chi connectivity index (χ3n) is 4.93. The van der Waals surface area contributed by atoms with Gasteiger partial charge in [-0.1, -0.05) is 12.1 Å². The van der Waals surface area contributed by atoms with Crippen LogP contribution in [0.25, 0.3) is 0 Å². The van der Waals surface area contributed by atoms with Crippen molar-refractivity contribution in [2.45, 2.75) is 18.7 Å². The minimum absolute atomic E-state index is 0.172. The van der Waals surface area contributed by atoms with Crippen molar-refractivity contribution in [3.8, 4) is 11.5 Å². The van der Waals surface area contributed by atoms with Gasteiger partial charge in [0.15, 0.2) is 0 Å². The number of nitrogens with zero attached hydrogens (tertiary/aromatic N) is 2. The molecule has 0 atom stereocenters. The molecule has 0 bridgehead atoms. The average Bonchev–Trinajstić information content (AvgIpc) is 2.69. The second-order valence-electron chi connectivity index (χ2n) is 6.70. The Morgan fingerprint density at radius 3 is 2.22 bits per heavy atom. The summed E-state index contributed by atoms with van der Waals surface area (Å²) in [5.74, 6) is 0.858. The van der Waals surface area contributed by atoms with Gasteiger partial charge in [-0.3, -0.25) is 0 Å². The molecular formula is C20H26N2O4S. The smallest absolute Gasteiger partial charge is 0.246 e. The zero-order chi connectivity index (χ0) is 19.6. The second-order valence-corrected chi connectivity index (χ2v) is 8.60. The van der Waals surface area contributed by atoms with Crippen molar-refractivity contribution in [2.24, 2.45) is 0 Å². The number of hydrogen-bond donors (Lipinski definition) is 0. The van der Waals surface area contributed by atoms with Crippen molar-refractivity contribution in [1.29, 1.82) is 0 Å². The summed E-state index contributed by atoms with van der Waals surface area (Å²) in [6.07, 6.45) is 0. The van der Waals surface area contributed by atoms with Crippen LogP contribution in [0.15, 0.2) is 41.3 Å². The molecule has 1 fully saturated rings. The number of rotatable bonds is 5. The molecule has 2 aromatic carbocycles. The highest BCUT2D eigenvalue weighted by Crippen LogP contribution is 2.31. The van der Waals surface area contributed by atoms with Gasteiger partial charge < -0.3 is 14.4 Å². The van der Waals surface area contributed by atoms with Gasteiger partial charge in [-0.25, -0.2) is 8.42 Å². The molecule has 6 nitrogen and oxygen atoms in total. The van der Waals surface area contributed by atoms with E-state index < -0.39 is 10.0 Å². The maximum atomic E-state index is 13.1. The molecule has 146 valence electrons. The van der Waals surface area contributed by atoms with E-state index in [1.807, 2.05) is 0 Å². The highest BCUT2D eigenvalue weighted by atomic mass is 32.2. The molecule has 27 heavy (non-hydrogen) atoms. The molecule has 0 saturated carbocycles. The standard InChI is InChI=1S/C20H26N2O4S/c1-15-5-6-16(2)18(13-15)21-9-11-22(12-10-21)27(23,24)20-8-7-17(25-3)14-19(20)26-4/h5-8,13-14H,9-12H2,1-4H3. The van der Waals surface area contributed by atoms with Crippen LogP contribution in [-0.2, 0) is 10.0 Å². The lowest BCUT2D eigenvalue weighted by Gasteiger charge is -2.36. The fraction of sp³-hybridized carbons (Fsp3) is 0.400. The Labute approximate surface area is 161 Å². The van der Waals surface area contributed by atoms with Crippen LogP contribution in [0.4, 0.5) is 5.69 Å². The van der Waals surface area contributed by atoms with E-state index in [1.165, 1.54) is 35.3 Å². The van der Waals surface area contributed by atoms with Gasteiger partial charge in [-0.15, -0.1) is 0 Å². The van der Waals surface area contributed by atoms with Crippen LogP contribution < -0.4 is 14.4 Å². The number of piperazine rings is 1. The lowest BCUT2D eigenvalue weighted by atomic mass is 10.1. The topological polar surface area (TPSA) is 59.1 Å². The minimum Gasteiger partial charge on any atom is -0.497 e. The summed E-state index contributed by atoms with van der Waals surface area (Å²) in [7, 11) is -0.626. The highest BCUT2D eigenvalue weighted by molar-refractivity contribution is 7.89. The van der Waals surface area contributed by atoms with Crippen molar-refractivity contribution >= 4 is 15.7 Å². The molecule has 1 aliphatic rings. The Bertz CT molecular complexity index is 920. The third kappa shape index (κ3) is 3.89. The third-order valence-corrected chi connectivity index (χ3v) is 6.87. The van der Waals surface area contributed by atoms with E-state index in [2.05, 4.69) is 36.9 Å². The maximum Gasteiger partial charge on any atom is 0.246 e. The molecule has 0 unspecified atom stereocenters. The Morgan fingerprint density at radius 2 is 1.59 bits per heavy atom. The number of hydrogen-bond acceptors (Lipinski definition) is 5. The van der Waals surface area contributed by atoms with Crippen LogP contribution in [0.3, 0.4) is 0 Å². The van der Waals surface area contributed by atoms with Crippen molar-refractivity contribution < 1.29 is 17.9 Å². The summed E-state index contributed by atoms with van der Waals surface area (Å²) >= 11 is 0. The predicted molar refractivity (Wildman–Crippen MR) is 106 cm³/mol. The molecule has 0 aliphatic carbocycles. The Balaban J connectivity index is 1.80. The van der Waals surface area contributed by atoms with Crippen LogP contribution in [0.5, 0.6) is 11.5 Å². The number of sulfonamides is 1. The number of anilines is 1. The van der Waals surface area contributed by atoms with Gasteiger partial charge in [0.1, 0.15) is 16.4 Å². The van der Waals surface area contributed by atoms with Crippen LogP contribution in [-0.4, -0.2) is 53.1 Å². The number of aryl methyl sites for hydroxylation is 2. The van der Waals surface area contributed by atoms with E-state index in [0.717, 1.165) is 0 Å². The summed E-state index contributed by atoms with van der Waals surface area (Å²) < 4.78 is 38.2. The maximum absolute atomic E-state index is 13.1. The number of methoxy groups -OCH3 is 2. The van der Waals surface area contributed by atoms with Crippen LogP contribution >= 0.6 is 0 Å². The SMILES string of the molecule is COc1ccc(S(=O)(=O)N2CCN(c3cc(C)ccc3C)CC2)c(OC)c1. The van der Waals surface area contributed by atoms with Crippen molar-refractivity contribution in [2.75, 3.05) is 45.3 Å². The van der Waals surface area contributed by atoms with Gasteiger partial charge in [-0.2, -0.15) is 4.31 Å². The summed E-state index contributed by atoms with van der Waals surface area (Å²) in [4.78, 5) is 2.42. The quantitative estimate of drug-likeness (QED) is 0.786. The lowest BCUT2D eigenvalue weighted by molar-refractivity contribution is 0.370. The molecular weight excluding hydrogens is 364 g/mol. The normalized spacial score (nSPS) is 15.6. The first-order valence-electron chi connectivity index (χ1n) is 8.91. The molecule has 0 amide bonds. The lowest BCUT2D eigenvalue weighted by Crippen LogP contribution is -2.48. The largest absolute Gasteiger partial charge is 0.497 e. The predicted octanol–water partition coefficient (Wildman–Crippen LogP) is 2.83. The van der Waals surface area contributed by atoms with E-state index in [-0.39, 0.29) is 4.90 Å². The van der Waals surface area contributed by atoms with E-state index in [9.17, 15) is 8.42 Å². The average molecular weight is 391 g/mol. The molecule has 0 N–H and O–H groups in total. The van der Waals surface area contributed by atoms with E-state index in [4.69, 9.17) is 9.47 Å². The van der Waals surface area contributed by atoms with Gasteiger partial charge in [0, 0.05) is 37.9 Å². The zero-order valence-electron chi connectivity index (χ0n) is 16.2.